The van der Waals surface area contributed by atoms with E-state index in [9.17, 15) is 14.9 Å². The maximum Gasteiger partial charge on any atom is 0.312 e. The van der Waals surface area contributed by atoms with Gasteiger partial charge in [-0.25, -0.2) is 4.98 Å². The van der Waals surface area contributed by atoms with E-state index < -0.39 is 10.3 Å². The summed E-state index contributed by atoms with van der Waals surface area (Å²) in [4.78, 5) is 29.6. The Morgan fingerprint density at radius 2 is 1.87 bits per heavy atom. The molecular weight excluding hydrogens is 636 g/mol. The van der Waals surface area contributed by atoms with Gasteiger partial charge in [0.15, 0.2) is 11.5 Å². The summed E-state index contributed by atoms with van der Waals surface area (Å²) in [6.07, 6.45) is 1.37. The number of hydrogen-bond acceptors (Lipinski definition) is 8. The Balaban J connectivity index is 1.59. The third-order valence-corrected chi connectivity index (χ3v) is 6.82. The molecule has 1 aliphatic heterocycles. The largest absolute Gasteiger partial charge is 0.481 e. The smallest absolute Gasteiger partial charge is 0.312 e. The van der Waals surface area contributed by atoms with E-state index in [0.717, 1.165) is 10.0 Å². The van der Waals surface area contributed by atoms with E-state index in [1.165, 1.54) is 17.0 Å². The third kappa shape index (κ3) is 5.52. The summed E-state index contributed by atoms with van der Waals surface area (Å²) in [5, 5.41) is 16.8. The maximum atomic E-state index is 13.5. The number of nitro groups is 1. The summed E-state index contributed by atoms with van der Waals surface area (Å²) in [6.45, 7) is 5.94. The molecule has 0 radical (unpaired) electrons. The molecule has 0 aliphatic carbocycles. The Bertz CT molecular complexity index is 1710. The van der Waals surface area contributed by atoms with Gasteiger partial charge in [-0.2, -0.15) is 9.78 Å². The van der Waals surface area contributed by atoms with Crippen LogP contribution in [0.3, 0.4) is 0 Å². The van der Waals surface area contributed by atoms with Crippen LogP contribution in [0.5, 0.6) is 17.2 Å². The van der Waals surface area contributed by atoms with Crippen molar-refractivity contribution in [3.8, 4) is 17.2 Å². The van der Waals surface area contributed by atoms with Crippen molar-refractivity contribution in [2.45, 2.75) is 32.8 Å². The minimum atomic E-state index is -0.529. The van der Waals surface area contributed by atoms with Crippen molar-refractivity contribution in [3.05, 3.63) is 94.9 Å². The van der Waals surface area contributed by atoms with Crippen LogP contribution in [0.1, 0.15) is 37.7 Å². The molecule has 4 aromatic rings. The fraction of sp³-hybridized carbons (Fsp3) is 0.222. The molecule has 0 N–H and O–H groups in total. The van der Waals surface area contributed by atoms with Gasteiger partial charge in [0, 0.05) is 26.0 Å². The number of ether oxygens (including phenoxy) is 3. The van der Waals surface area contributed by atoms with Crippen LogP contribution in [-0.4, -0.2) is 27.6 Å². The number of nitrogens with zero attached hydrogens (tertiary/aromatic N) is 4. The number of fused-ring (bicyclic) bond motifs is 2. The SMILES string of the molecule is CC(C)(C)c1nc2ccc(Br)cc2c(=O)n1N=Cc1cc(Br)cc([N+](=O)[O-])c1OCc1ccc2c(c1)OCO2. The number of aromatic nitrogens is 2. The Morgan fingerprint density at radius 1 is 1.10 bits per heavy atom. The Hall–Kier alpha value is -3.77. The topological polar surface area (TPSA) is 118 Å². The summed E-state index contributed by atoms with van der Waals surface area (Å²) >= 11 is 6.74. The molecule has 3 aromatic carbocycles. The zero-order valence-corrected chi connectivity index (χ0v) is 24.3. The van der Waals surface area contributed by atoms with Crippen LogP contribution in [0.4, 0.5) is 5.69 Å². The van der Waals surface area contributed by atoms with Crippen LogP contribution < -0.4 is 19.8 Å². The average Bonchev–Trinajstić information content (AvgIpc) is 3.34. The highest BCUT2D eigenvalue weighted by Crippen LogP contribution is 2.36. The zero-order chi connectivity index (χ0) is 27.9. The number of rotatable bonds is 6. The standard InChI is InChI=1S/C27H22Br2N4O6/c1-27(2,3)26-31-20-6-5-17(28)10-19(20)25(34)32(26)30-12-16-9-18(29)11-21(33(35)36)24(16)37-13-15-4-7-22-23(8-15)39-14-38-22/h4-12H,13-14H2,1-3H3. The average molecular weight is 658 g/mol. The Morgan fingerprint density at radius 3 is 2.62 bits per heavy atom. The van der Waals surface area contributed by atoms with Crippen molar-refractivity contribution in [3.63, 3.8) is 0 Å². The quantitative estimate of drug-likeness (QED) is 0.135. The molecular formula is C27H22Br2N4O6. The first kappa shape index (κ1) is 26.8. The molecule has 200 valence electrons. The summed E-state index contributed by atoms with van der Waals surface area (Å²) in [6, 6.07) is 13.6. The second-order valence-electron chi connectivity index (χ2n) is 9.79. The number of benzene rings is 3. The lowest BCUT2D eigenvalue weighted by atomic mass is 9.95. The van der Waals surface area contributed by atoms with Crippen molar-refractivity contribution >= 4 is 54.7 Å². The molecule has 0 saturated carbocycles. The first-order valence-electron chi connectivity index (χ1n) is 11.8. The molecule has 0 saturated heterocycles. The summed E-state index contributed by atoms with van der Waals surface area (Å²) < 4.78 is 19.1. The van der Waals surface area contributed by atoms with E-state index in [1.807, 2.05) is 26.8 Å². The van der Waals surface area contributed by atoms with E-state index in [-0.39, 0.29) is 30.4 Å². The molecule has 0 bridgehead atoms. The van der Waals surface area contributed by atoms with Gasteiger partial charge < -0.3 is 14.2 Å². The van der Waals surface area contributed by atoms with Crippen LogP contribution >= 0.6 is 31.9 Å². The molecule has 0 unspecified atom stereocenters. The molecule has 0 fully saturated rings. The Kier molecular flexibility index (Phi) is 7.17. The molecule has 39 heavy (non-hydrogen) atoms. The second kappa shape index (κ2) is 10.4. The van der Waals surface area contributed by atoms with Gasteiger partial charge in [-0.05, 0) is 42.0 Å². The van der Waals surface area contributed by atoms with Gasteiger partial charge in [-0.3, -0.25) is 14.9 Å². The van der Waals surface area contributed by atoms with E-state index in [1.54, 1.807) is 36.4 Å². The monoisotopic (exact) mass is 656 g/mol. The van der Waals surface area contributed by atoms with Crippen LogP contribution in [0.25, 0.3) is 10.9 Å². The summed E-state index contributed by atoms with van der Waals surface area (Å²) in [7, 11) is 0. The minimum Gasteiger partial charge on any atom is -0.481 e. The van der Waals surface area contributed by atoms with E-state index in [2.05, 4.69) is 37.0 Å². The molecule has 12 heteroatoms. The van der Waals surface area contributed by atoms with Gasteiger partial charge in [0.2, 0.25) is 12.5 Å². The number of halogens is 2. The molecule has 0 spiro atoms. The lowest BCUT2D eigenvalue weighted by Crippen LogP contribution is -2.29. The first-order valence-corrected chi connectivity index (χ1v) is 13.4. The molecule has 0 atom stereocenters. The van der Waals surface area contributed by atoms with Gasteiger partial charge in [0.05, 0.1) is 22.0 Å². The van der Waals surface area contributed by atoms with Crippen LogP contribution in [-0.2, 0) is 12.0 Å². The van der Waals surface area contributed by atoms with Crippen molar-refractivity contribution in [1.29, 1.82) is 0 Å². The molecule has 5 rings (SSSR count). The first-order chi connectivity index (χ1) is 18.5. The van der Waals surface area contributed by atoms with Crippen LogP contribution in [0, 0.1) is 10.1 Å². The van der Waals surface area contributed by atoms with E-state index in [0.29, 0.717) is 38.3 Å². The van der Waals surface area contributed by atoms with E-state index >= 15 is 0 Å². The lowest BCUT2D eigenvalue weighted by Gasteiger charge is -2.21. The van der Waals surface area contributed by atoms with Crippen molar-refractivity contribution in [2.24, 2.45) is 5.10 Å². The van der Waals surface area contributed by atoms with Crippen LogP contribution in [0.15, 0.2) is 67.4 Å². The molecule has 1 aromatic heterocycles. The molecule has 2 heterocycles. The predicted octanol–water partition coefficient (Wildman–Crippen LogP) is 6.32. The number of hydrogen-bond donors (Lipinski definition) is 0. The van der Waals surface area contributed by atoms with E-state index in [4.69, 9.17) is 19.2 Å². The highest BCUT2D eigenvalue weighted by molar-refractivity contribution is 9.10. The highest BCUT2D eigenvalue weighted by Gasteiger charge is 2.24. The predicted molar refractivity (Wildman–Crippen MR) is 153 cm³/mol. The van der Waals surface area contributed by atoms with Crippen molar-refractivity contribution in [1.82, 2.24) is 9.66 Å². The maximum absolute atomic E-state index is 13.5. The Labute approximate surface area is 239 Å². The highest BCUT2D eigenvalue weighted by atomic mass is 79.9. The van der Waals surface area contributed by atoms with Crippen molar-refractivity contribution < 1.29 is 19.1 Å². The zero-order valence-electron chi connectivity index (χ0n) is 21.1. The minimum absolute atomic E-state index is 0.00599. The third-order valence-electron chi connectivity index (χ3n) is 5.87. The fourth-order valence-electron chi connectivity index (χ4n) is 4.04. The fourth-order valence-corrected chi connectivity index (χ4v) is 4.86. The molecule has 1 aliphatic rings. The van der Waals surface area contributed by atoms with Gasteiger partial charge in [-0.15, -0.1) is 0 Å². The summed E-state index contributed by atoms with van der Waals surface area (Å²) in [5.74, 6) is 1.64. The van der Waals surface area contributed by atoms with Crippen molar-refractivity contribution in [2.75, 3.05) is 6.79 Å². The second-order valence-corrected chi connectivity index (χ2v) is 11.6. The van der Waals surface area contributed by atoms with Crippen LogP contribution in [0.2, 0.25) is 0 Å². The van der Waals surface area contributed by atoms with Gasteiger partial charge in [0.25, 0.3) is 5.56 Å². The molecule has 10 nitrogen and oxygen atoms in total. The number of nitro benzene ring substituents is 1. The van der Waals surface area contributed by atoms with Gasteiger partial charge >= 0.3 is 5.69 Å². The molecule has 0 amide bonds. The van der Waals surface area contributed by atoms with Gasteiger partial charge in [-0.1, -0.05) is 58.7 Å². The van der Waals surface area contributed by atoms with Gasteiger partial charge in [0.1, 0.15) is 12.4 Å². The lowest BCUT2D eigenvalue weighted by molar-refractivity contribution is -0.386. The normalized spacial score (nSPS) is 12.8. The summed E-state index contributed by atoms with van der Waals surface area (Å²) in [5.41, 5.74) is 0.434.